The maximum Gasteiger partial charge on any atom is 0.259 e. The van der Waals surface area contributed by atoms with Crippen molar-refractivity contribution in [3.8, 4) is 0 Å². The number of benzene rings is 3. The van der Waals surface area contributed by atoms with Gasteiger partial charge >= 0.3 is 0 Å². The number of halogens is 2. The zero-order chi connectivity index (χ0) is 21.3. The average molecular weight is 423 g/mol. The van der Waals surface area contributed by atoms with E-state index in [0.717, 1.165) is 11.1 Å². The Bertz CT molecular complexity index is 1120. The largest absolute Gasteiger partial charge is 0.350 e. The van der Waals surface area contributed by atoms with Gasteiger partial charge in [-0.05, 0) is 54.4 Å². The Morgan fingerprint density at radius 2 is 1.83 bits per heavy atom. The van der Waals surface area contributed by atoms with Gasteiger partial charge in [0.15, 0.2) is 0 Å². The fraction of sp³-hybridized carbons (Fsp3) is 0.167. The minimum absolute atomic E-state index is 0.290. The number of amides is 2. The molecule has 0 saturated heterocycles. The number of nitrogens with one attached hydrogen (secondary N) is 1. The van der Waals surface area contributed by atoms with Crippen molar-refractivity contribution in [2.75, 3.05) is 4.90 Å². The molecule has 4 rings (SSSR count). The highest BCUT2D eigenvalue weighted by atomic mass is 35.5. The standard InChI is InChI=1S/C24H20ClFN2O2/c1-24(23(30)27-15-16-9-11-18(25)12-10-16)14-17-5-2-3-8-21(17)22(29)28(24)20-7-4-6-19(26)13-20/h2-13H,14-15H2,1H3,(H,27,30). The molecule has 3 aromatic rings. The van der Waals surface area contributed by atoms with Crippen molar-refractivity contribution in [1.29, 1.82) is 0 Å². The first kappa shape index (κ1) is 20.1. The van der Waals surface area contributed by atoms with Gasteiger partial charge in [-0.1, -0.05) is 48.0 Å². The maximum atomic E-state index is 14.0. The van der Waals surface area contributed by atoms with E-state index in [0.29, 0.717) is 29.2 Å². The highest BCUT2D eigenvalue weighted by Crippen LogP contribution is 2.35. The third-order valence-corrected chi connectivity index (χ3v) is 5.65. The number of carbonyl (C=O) groups is 2. The Morgan fingerprint density at radius 1 is 1.10 bits per heavy atom. The molecule has 0 bridgehead atoms. The van der Waals surface area contributed by atoms with E-state index < -0.39 is 11.4 Å². The highest BCUT2D eigenvalue weighted by molar-refractivity contribution is 6.30. The molecule has 0 aliphatic carbocycles. The number of hydrogen-bond acceptors (Lipinski definition) is 2. The molecule has 0 fully saturated rings. The minimum Gasteiger partial charge on any atom is -0.350 e. The lowest BCUT2D eigenvalue weighted by Gasteiger charge is -2.44. The first-order valence-electron chi connectivity index (χ1n) is 9.59. The van der Waals surface area contributed by atoms with Crippen molar-refractivity contribution >= 4 is 29.1 Å². The summed E-state index contributed by atoms with van der Waals surface area (Å²) in [6.07, 6.45) is 0.317. The van der Waals surface area contributed by atoms with Gasteiger partial charge in [-0.15, -0.1) is 0 Å². The Balaban J connectivity index is 1.70. The third kappa shape index (κ3) is 3.68. The van der Waals surface area contributed by atoms with Crippen LogP contribution in [0.5, 0.6) is 0 Å². The summed E-state index contributed by atoms with van der Waals surface area (Å²) in [5, 5.41) is 3.54. The van der Waals surface area contributed by atoms with Crippen molar-refractivity contribution < 1.29 is 14.0 Å². The van der Waals surface area contributed by atoms with Gasteiger partial charge in [0.2, 0.25) is 5.91 Å². The monoisotopic (exact) mass is 422 g/mol. The van der Waals surface area contributed by atoms with E-state index in [9.17, 15) is 14.0 Å². The number of carbonyl (C=O) groups excluding carboxylic acids is 2. The van der Waals surface area contributed by atoms with Crippen LogP contribution in [0.3, 0.4) is 0 Å². The third-order valence-electron chi connectivity index (χ3n) is 5.40. The number of anilines is 1. The van der Waals surface area contributed by atoms with Gasteiger partial charge in [-0.2, -0.15) is 0 Å². The first-order chi connectivity index (χ1) is 14.4. The molecule has 0 spiro atoms. The molecule has 4 nitrogen and oxygen atoms in total. The van der Waals surface area contributed by atoms with Gasteiger partial charge in [0.25, 0.3) is 5.91 Å². The van der Waals surface area contributed by atoms with Crippen LogP contribution in [0.4, 0.5) is 10.1 Å². The Kier molecular flexibility index (Phi) is 5.31. The average Bonchev–Trinajstić information content (AvgIpc) is 2.73. The molecule has 30 heavy (non-hydrogen) atoms. The van der Waals surface area contributed by atoms with E-state index in [1.54, 1.807) is 37.3 Å². The van der Waals surface area contributed by atoms with Gasteiger partial charge in [0.1, 0.15) is 11.4 Å². The van der Waals surface area contributed by atoms with E-state index in [1.807, 2.05) is 24.3 Å². The van der Waals surface area contributed by atoms with Crippen molar-refractivity contribution in [1.82, 2.24) is 5.32 Å². The fourth-order valence-electron chi connectivity index (χ4n) is 3.85. The summed E-state index contributed by atoms with van der Waals surface area (Å²) in [5.41, 5.74) is 1.32. The Morgan fingerprint density at radius 3 is 2.57 bits per heavy atom. The second kappa shape index (κ2) is 7.92. The van der Waals surface area contributed by atoms with Gasteiger partial charge in [0, 0.05) is 29.2 Å². The van der Waals surface area contributed by atoms with Gasteiger partial charge in [0.05, 0.1) is 0 Å². The molecule has 1 unspecified atom stereocenters. The highest BCUT2D eigenvalue weighted by Gasteiger charge is 2.47. The molecule has 1 aliphatic heterocycles. The van der Waals surface area contributed by atoms with E-state index in [1.165, 1.54) is 23.1 Å². The van der Waals surface area contributed by atoms with Crippen LogP contribution in [0.15, 0.2) is 72.8 Å². The molecule has 1 N–H and O–H groups in total. The Labute approximate surface area is 179 Å². The van der Waals surface area contributed by atoms with Crippen molar-refractivity contribution in [3.05, 3.63) is 100 Å². The summed E-state index contributed by atoms with van der Waals surface area (Å²) >= 11 is 5.92. The molecule has 152 valence electrons. The van der Waals surface area contributed by atoms with E-state index in [4.69, 9.17) is 11.6 Å². The molecular formula is C24H20ClFN2O2. The molecule has 0 aromatic heterocycles. The molecule has 0 radical (unpaired) electrons. The molecule has 1 heterocycles. The van der Waals surface area contributed by atoms with Crippen LogP contribution >= 0.6 is 11.6 Å². The van der Waals surface area contributed by atoms with Crippen LogP contribution in [0, 0.1) is 5.82 Å². The van der Waals surface area contributed by atoms with Crippen LogP contribution < -0.4 is 10.2 Å². The molecule has 3 aromatic carbocycles. The first-order valence-corrected chi connectivity index (χ1v) is 9.97. The molecule has 1 aliphatic rings. The minimum atomic E-state index is -1.22. The zero-order valence-corrected chi connectivity index (χ0v) is 17.1. The van der Waals surface area contributed by atoms with E-state index in [-0.39, 0.29) is 11.8 Å². The lowest BCUT2D eigenvalue weighted by atomic mass is 9.82. The molecule has 2 amide bonds. The van der Waals surface area contributed by atoms with E-state index in [2.05, 4.69) is 5.32 Å². The van der Waals surface area contributed by atoms with Crippen LogP contribution in [0.25, 0.3) is 0 Å². The SMILES string of the molecule is CC1(C(=O)NCc2ccc(Cl)cc2)Cc2ccccc2C(=O)N1c1cccc(F)c1. The summed E-state index contributed by atoms with van der Waals surface area (Å²) in [6.45, 7) is 2.00. The topological polar surface area (TPSA) is 49.4 Å². The fourth-order valence-corrected chi connectivity index (χ4v) is 3.98. The predicted octanol–water partition coefficient (Wildman–Crippen LogP) is 4.76. The zero-order valence-electron chi connectivity index (χ0n) is 16.4. The number of hydrogen-bond donors (Lipinski definition) is 1. The summed E-state index contributed by atoms with van der Waals surface area (Å²) in [4.78, 5) is 28.1. The lowest BCUT2D eigenvalue weighted by Crippen LogP contribution is -2.63. The van der Waals surface area contributed by atoms with Crippen molar-refractivity contribution in [3.63, 3.8) is 0 Å². The van der Waals surface area contributed by atoms with Gasteiger partial charge < -0.3 is 5.32 Å². The number of nitrogens with zero attached hydrogens (tertiary/aromatic N) is 1. The maximum absolute atomic E-state index is 14.0. The van der Waals surface area contributed by atoms with Crippen LogP contribution in [0.2, 0.25) is 5.02 Å². The Hall–Kier alpha value is -3.18. The van der Waals surface area contributed by atoms with Crippen LogP contribution in [-0.4, -0.2) is 17.4 Å². The molecule has 1 atom stereocenters. The number of rotatable bonds is 4. The van der Waals surface area contributed by atoms with Crippen molar-refractivity contribution in [2.24, 2.45) is 0 Å². The second-order valence-electron chi connectivity index (χ2n) is 7.54. The summed E-state index contributed by atoms with van der Waals surface area (Å²) in [6, 6.07) is 20.1. The molecular weight excluding hydrogens is 403 g/mol. The predicted molar refractivity (Wildman–Crippen MR) is 115 cm³/mol. The van der Waals surface area contributed by atoms with Crippen LogP contribution in [-0.2, 0) is 17.8 Å². The lowest BCUT2D eigenvalue weighted by molar-refractivity contribution is -0.126. The summed E-state index contributed by atoms with van der Waals surface area (Å²) in [7, 11) is 0. The van der Waals surface area contributed by atoms with Gasteiger partial charge in [-0.3, -0.25) is 14.5 Å². The number of fused-ring (bicyclic) bond motifs is 1. The summed E-state index contributed by atoms with van der Waals surface area (Å²) < 4.78 is 14.0. The summed E-state index contributed by atoms with van der Waals surface area (Å²) in [5.74, 6) is -1.11. The molecule has 0 saturated carbocycles. The van der Waals surface area contributed by atoms with Gasteiger partial charge in [-0.25, -0.2) is 4.39 Å². The molecule has 6 heteroatoms. The van der Waals surface area contributed by atoms with Crippen LogP contribution in [0.1, 0.15) is 28.4 Å². The van der Waals surface area contributed by atoms with Crippen molar-refractivity contribution in [2.45, 2.75) is 25.4 Å². The quantitative estimate of drug-likeness (QED) is 0.659. The normalized spacial score (nSPS) is 18.1. The smallest absolute Gasteiger partial charge is 0.259 e. The van der Waals surface area contributed by atoms with E-state index >= 15 is 0 Å². The second-order valence-corrected chi connectivity index (χ2v) is 7.97.